The minimum atomic E-state index is -3.06. The van der Waals surface area contributed by atoms with Gasteiger partial charge in [-0.1, -0.05) is 30.0 Å². The van der Waals surface area contributed by atoms with Gasteiger partial charge in [-0.2, -0.15) is 0 Å². The van der Waals surface area contributed by atoms with E-state index in [4.69, 9.17) is 0 Å². The van der Waals surface area contributed by atoms with Crippen LogP contribution in [-0.4, -0.2) is 63.7 Å². The maximum atomic E-state index is 12.9. The van der Waals surface area contributed by atoms with Crippen LogP contribution in [0.15, 0.2) is 29.4 Å². The molecule has 0 radical (unpaired) electrons. The van der Waals surface area contributed by atoms with Crippen LogP contribution < -0.4 is 0 Å². The molecular weight excluding hydrogens is 415 g/mol. The first kappa shape index (κ1) is 21.5. The van der Waals surface area contributed by atoms with Crippen LogP contribution in [0.25, 0.3) is 12.2 Å². The lowest BCUT2D eigenvalue weighted by Crippen LogP contribution is -2.44. The third-order valence-corrected chi connectivity index (χ3v) is 7.39. The van der Waals surface area contributed by atoms with E-state index in [2.05, 4.69) is 15.2 Å². The molecule has 1 amide bonds. The summed E-state index contributed by atoms with van der Waals surface area (Å²) in [6.07, 6.45) is 3.99. The molecule has 2 atom stereocenters. The molecule has 1 aliphatic heterocycles. The highest BCUT2D eigenvalue weighted by Gasteiger charge is 2.35. The molecule has 0 spiro atoms. The quantitative estimate of drug-likeness (QED) is 0.668. The molecule has 29 heavy (non-hydrogen) atoms. The zero-order chi connectivity index (χ0) is 21.0. The summed E-state index contributed by atoms with van der Waals surface area (Å²) in [6, 6.07) is 5.80. The highest BCUT2D eigenvalue weighted by atomic mass is 32.2. The molecule has 0 aliphatic carbocycles. The zero-order valence-corrected chi connectivity index (χ0v) is 17.8. The number of benzene rings is 1. The van der Waals surface area contributed by atoms with E-state index in [1.165, 1.54) is 23.9 Å². The van der Waals surface area contributed by atoms with Crippen LogP contribution in [-0.2, 0) is 14.6 Å². The Bertz CT molecular complexity index is 989. The van der Waals surface area contributed by atoms with Gasteiger partial charge in [0.1, 0.15) is 11.6 Å². The highest BCUT2D eigenvalue weighted by Crippen LogP contribution is 2.25. The summed E-state index contributed by atoms with van der Waals surface area (Å²) in [5.41, 5.74) is 0.825. The number of amides is 1. The Labute approximate surface area is 173 Å². The number of nitrogens with zero attached hydrogens (tertiary/aromatic N) is 3. The summed E-state index contributed by atoms with van der Waals surface area (Å²) >= 11 is 1.22. The summed E-state index contributed by atoms with van der Waals surface area (Å²) in [4.78, 5) is 18.8. The second-order valence-electron chi connectivity index (χ2n) is 6.83. The number of hydrogen-bond donors (Lipinski definition) is 1. The Kier molecular flexibility index (Phi) is 6.74. The van der Waals surface area contributed by atoms with Gasteiger partial charge in [0.25, 0.3) is 0 Å². The molecule has 1 aromatic heterocycles. The SMILES string of the molecule is CCN(C(=O)C(C)Sc1n[nH]c(/C=C/c2ccc(F)cc2)n1)C1CCS(=O)(=O)C1. The molecular formula is C19H23FN4O3S2. The third kappa shape index (κ3) is 5.66. The van der Waals surface area contributed by atoms with E-state index < -0.39 is 15.1 Å². The van der Waals surface area contributed by atoms with Crippen molar-refractivity contribution in [3.8, 4) is 0 Å². The molecule has 2 unspecified atom stereocenters. The van der Waals surface area contributed by atoms with Gasteiger partial charge in [-0.25, -0.2) is 17.8 Å². The van der Waals surface area contributed by atoms with Gasteiger partial charge in [0, 0.05) is 12.6 Å². The number of sulfone groups is 1. The fourth-order valence-corrected chi connectivity index (χ4v) is 5.72. The number of nitrogens with one attached hydrogen (secondary N) is 1. The Hall–Kier alpha value is -2.20. The number of halogens is 1. The maximum absolute atomic E-state index is 12.9. The minimum absolute atomic E-state index is 0.0307. The van der Waals surface area contributed by atoms with Crippen molar-refractivity contribution in [1.29, 1.82) is 0 Å². The number of hydrogen-bond acceptors (Lipinski definition) is 6. The summed E-state index contributed by atoms with van der Waals surface area (Å²) in [5, 5.41) is 6.90. The van der Waals surface area contributed by atoms with E-state index in [1.807, 2.05) is 6.92 Å². The van der Waals surface area contributed by atoms with Crippen LogP contribution in [0.1, 0.15) is 31.7 Å². The largest absolute Gasteiger partial charge is 0.338 e. The summed E-state index contributed by atoms with van der Waals surface area (Å²) in [6.45, 7) is 4.08. The van der Waals surface area contributed by atoms with Gasteiger partial charge in [-0.05, 0) is 44.0 Å². The first-order valence-electron chi connectivity index (χ1n) is 9.31. The first-order chi connectivity index (χ1) is 13.8. The minimum Gasteiger partial charge on any atom is -0.338 e. The van der Waals surface area contributed by atoms with Gasteiger partial charge < -0.3 is 4.90 Å². The second-order valence-corrected chi connectivity index (χ2v) is 10.4. The lowest BCUT2D eigenvalue weighted by atomic mass is 10.2. The van der Waals surface area contributed by atoms with E-state index >= 15 is 0 Å². The van der Waals surface area contributed by atoms with Crippen LogP contribution in [0.5, 0.6) is 0 Å². The van der Waals surface area contributed by atoms with Crippen LogP contribution in [0.2, 0.25) is 0 Å². The number of thioether (sulfide) groups is 1. The lowest BCUT2D eigenvalue weighted by molar-refractivity contribution is -0.131. The van der Waals surface area contributed by atoms with Crippen molar-refractivity contribution in [2.45, 2.75) is 36.7 Å². The van der Waals surface area contributed by atoms with E-state index in [9.17, 15) is 17.6 Å². The number of aromatic amines is 1. The van der Waals surface area contributed by atoms with Crippen molar-refractivity contribution >= 4 is 39.7 Å². The van der Waals surface area contributed by atoms with E-state index in [1.54, 1.807) is 36.1 Å². The fraction of sp³-hybridized carbons (Fsp3) is 0.421. The van der Waals surface area contributed by atoms with Crippen molar-refractivity contribution in [1.82, 2.24) is 20.1 Å². The Morgan fingerprint density at radius 2 is 2.10 bits per heavy atom. The van der Waals surface area contributed by atoms with Crippen LogP contribution in [0.4, 0.5) is 4.39 Å². The Morgan fingerprint density at radius 3 is 2.72 bits per heavy atom. The predicted molar refractivity (Wildman–Crippen MR) is 111 cm³/mol. The monoisotopic (exact) mass is 438 g/mol. The number of aromatic nitrogens is 3. The molecule has 1 aromatic carbocycles. The molecule has 10 heteroatoms. The van der Waals surface area contributed by atoms with Crippen molar-refractivity contribution in [2.75, 3.05) is 18.1 Å². The molecule has 1 N–H and O–H groups in total. The molecule has 2 aromatic rings. The molecule has 1 fully saturated rings. The zero-order valence-electron chi connectivity index (χ0n) is 16.2. The topological polar surface area (TPSA) is 96.0 Å². The Balaban J connectivity index is 1.60. The normalized spacial score (nSPS) is 19.5. The Morgan fingerprint density at radius 1 is 1.38 bits per heavy atom. The van der Waals surface area contributed by atoms with Crippen molar-refractivity contribution < 1.29 is 17.6 Å². The molecule has 2 heterocycles. The predicted octanol–water partition coefficient (Wildman–Crippen LogP) is 2.63. The van der Waals surface area contributed by atoms with Gasteiger partial charge in [-0.15, -0.1) is 5.10 Å². The van der Waals surface area contributed by atoms with Gasteiger partial charge in [-0.3, -0.25) is 9.89 Å². The summed E-state index contributed by atoms with van der Waals surface area (Å²) in [5.74, 6) is 0.269. The number of carbonyl (C=O) groups excluding carboxylic acids is 1. The van der Waals surface area contributed by atoms with Crippen LogP contribution in [0.3, 0.4) is 0 Å². The van der Waals surface area contributed by atoms with Crippen LogP contribution >= 0.6 is 11.8 Å². The van der Waals surface area contributed by atoms with E-state index in [0.717, 1.165) is 5.56 Å². The standard InChI is InChI=1S/C19H23FN4O3S2/c1-3-24(16-10-11-29(26,27)12-16)18(25)13(2)28-19-21-17(22-23-19)9-6-14-4-7-15(20)8-5-14/h4-9,13,16H,3,10-12H2,1-2H3,(H,21,22,23)/b9-6+. The average molecular weight is 439 g/mol. The molecule has 0 saturated carbocycles. The number of H-pyrrole nitrogens is 1. The molecule has 1 saturated heterocycles. The molecule has 3 rings (SSSR count). The van der Waals surface area contributed by atoms with Crippen LogP contribution in [0, 0.1) is 5.82 Å². The number of carbonyl (C=O) groups is 1. The van der Waals surface area contributed by atoms with E-state index in [0.29, 0.717) is 23.9 Å². The highest BCUT2D eigenvalue weighted by molar-refractivity contribution is 8.00. The van der Waals surface area contributed by atoms with Crippen molar-refractivity contribution in [2.24, 2.45) is 0 Å². The maximum Gasteiger partial charge on any atom is 0.236 e. The molecule has 1 aliphatic rings. The third-order valence-electron chi connectivity index (χ3n) is 4.69. The first-order valence-corrected chi connectivity index (χ1v) is 12.0. The summed E-state index contributed by atoms with van der Waals surface area (Å²) in [7, 11) is -3.06. The molecule has 0 bridgehead atoms. The van der Waals surface area contributed by atoms with Gasteiger partial charge >= 0.3 is 0 Å². The fourth-order valence-electron chi connectivity index (χ4n) is 3.19. The molecule has 156 valence electrons. The number of rotatable bonds is 7. The molecule has 7 nitrogen and oxygen atoms in total. The van der Waals surface area contributed by atoms with Gasteiger partial charge in [0.15, 0.2) is 9.84 Å². The average Bonchev–Trinajstić information content (AvgIpc) is 3.27. The summed E-state index contributed by atoms with van der Waals surface area (Å²) < 4.78 is 36.4. The van der Waals surface area contributed by atoms with Gasteiger partial charge in [0.05, 0.1) is 16.8 Å². The van der Waals surface area contributed by atoms with Crippen molar-refractivity contribution in [3.63, 3.8) is 0 Å². The second kappa shape index (κ2) is 9.08. The van der Waals surface area contributed by atoms with E-state index in [-0.39, 0.29) is 29.3 Å². The van der Waals surface area contributed by atoms with Crippen molar-refractivity contribution in [3.05, 3.63) is 41.5 Å². The smallest absolute Gasteiger partial charge is 0.236 e. The lowest BCUT2D eigenvalue weighted by Gasteiger charge is -2.29. The van der Waals surface area contributed by atoms with Gasteiger partial charge in [0.2, 0.25) is 11.1 Å².